The number of rotatable bonds is 4. The first-order chi connectivity index (χ1) is 9.24. The molecule has 0 amide bonds. The highest BCUT2D eigenvalue weighted by Crippen LogP contribution is 2.25. The molecule has 3 heteroatoms. The van der Waals surface area contributed by atoms with Gasteiger partial charge < -0.3 is 4.90 Å². The largest absolute Gasteiger partial charge is 0.369 e. The fraction of sp³-hybridized carbons (Fsp3) is 0.375. The van der Waals surface area contributed by atoms with E-state index in [4.69, 9.17) is 0 Å². The van der Waals surface area contributed by atoms with Crippen LogP contribution in [0.4, 0.5) is 5.69 Å². The van der Waals surface area contributed by atoms with Gasteiger partial charge in [0.05, 0.1) is 6.04 Å². The molecule has 0 spiro atoms. The summed E-state index contributed by atoms with van der Waals surface area (Å²) in [4.78, 5) is 6.42. The van der Waals surface area contributed by atoms with Crippen molar-refractivity contribution in [3.63, 3.8) is 0 Å². The second-order valence-electron chi connectivity index (χ2n) is 5.32. The van der Waals surface area contributed by atoms with Crippen LogP contribution in [0, 0.1) is 6.92 Å². The quantitative estimate of drug-likeness (QED) is 0.842. The Bertz CT molecular complexity index is 529. The number of aryl methyl sites for hydroxylation is 1. The van der Waals surface area contributed by atoms with Gasteiger partial charge in [-0.25, -0.2) is 0 Å². The molecule has 0 bridgehead atoms. The number of likely N-dealkylation sites (N-methyl/N-ethyl adjacent to an activating group) is 1. The minimum Gasteiger partial charge on any atom is -0.369 e. The summed E-state index contributed by atoms with van der Waals surface area (Å²) < 4.78 is 0. The van der Waals surface area contributed by atoms with Gasteiger partial charge in [0.1, 0.15) is 0 Å². The first-order valence-electron chi connectivity index (χ1n) is 6.77. The molecule has 0 unspecified atom stereocenters. The fourth-order valence-electron chi connectivity index (χ4n) is 2.70. The van der Waals surface area contributed by atoms with Crippen LogP contribution >= 0.6 is 11.3 Å². The Morgan fingerprint density at radius 2 is 2.00 bits per heavy atom. The highest BCUT2D eigenvalue weighted by Gasteiger charge is 2.30. The summed E-state index contributed by atoms with van der Waals surface area (Å²) in [5.74, 6) is 0. The molecule has 1 fully saturated rings. The van der Waals surface area contributed by atoms with E-state index in [1.54, 1.807) is 0 Å². The molecule has 1 aliphatic rings. The summed E-state index contributed by atoms with van der Waals surface area (Å²) in [6.45, 7) is 5.63. The number of hydrogen-bond acceptors (Lipinski definition) is 3. The number of likely N-dealkylation sites (tertiary alicyclic amines) is 1. The third kappa shape index (κ3) is 2.67. The fourth-order valence-corrected chi connectivity index (χ4v) is 3.44. The van der Waals surface area contributed by atoms with E-state index in [2.05, 4.69) is 65.5 Å². The molecule has 2 heterocycles. The summed E-state index contributed by atoms with van der Waals surface area (Å²) in [6.07, 6.45) is 0. The molecule has 1 saturated heterocycles. The van der Waals surface area contributed by atoms with E-state index in [0.29, 0.717) is 6.04 Å². The molecule has 0 atom stereocenters. The summed E-state index contributed by atoms with van der Waals surface area (Å²) >= 11 is 1.85. The second-order valence-corrected chi connectivity index (χ2v) is 6.36. The standard InChI is InChI=1S/C16H20N2S/c1-13-6-3-4-8-16(13)17(2)14-10-18(11-14)12-15-7-5-9-19-15/h3-9,14H,10-12H2,1-2H3. The van der Waals surface area contributed by atoms with Crippen molar-refractivity contribution >= 4 is 17.0 Å². The topological polar surface area (TPSA) is 6.48 Å². The molecule has 0 saturated carbocycles. The Morgan fingerprint density at radius 1 is 1.21 bits per heavy atom. The third-order valence-corrected chi connectivity index (χ3v) is 4.80. The van der Waals surface area contributed by atoms with Crippen molar-refractivity contribution in [2.45, 2.75) is 19.5 Å². The Kier molecular flexibility index (Phi) is 3.58. The Morgan fingerprint density at radius 3 is 2.68 bits per heavy atom. The summed E-state index contributed by atoms with van der Waals surface area (Å²) in [6, 6.07) is 13.7. The number of nitrogens with zero attached hydrogens (tertiary/aromatic N) is 2. The van der Waals surface area contributed by atoms with Crippen LogP contribution in [0.3, 0.4) is 0 Å². The molecule has 2 aromatic rings. The van der Waals surface area contributed by atoms with E-state index in [0.717, 1.165) is 6.54 Å². The molecule has 1 aromatic carbocycles. The lowest BCUT2D eigenvalue weighted by Gasteiger charge is -2.45. The maximum absolute atomic E-state index is 2.52. The maximum atomic E-state index is 2.52. The Labute approximate surface area is 119 Å². The first kappa shape index (κ1) is 12.7. The van der Waals surface area contributed by atoms with E-state index in [1.165, 1.54) is 29.2 Å². The highest BCUT2D eigenvalue weighted by molar-refractivity contribution is 7.09. The predicted molar refractivity (Wildman–Crippen MR) is 83.0 cm³/mol. The van der Waals surface area contributed by atoms with Gasteiger partial charge in [-0.3, -0.25) is 4.90 Å². The van der Waals surface area contributed by atoms with Crippen LogP contribution in [-0.2, 0) is 6.54 Å². The second kappa shape index (κ2) is 5.35. The minimum atomic E-state index is 0.654. The van der Waals surface area contributed by atoms with Crippen LogP contribution in [0.15, 0.2) is 41.8 Å². The lowest BCUT2D eigenvalue weighted by Crippen LogP contribution is -2.58. The van der Waals surface area contributed by atoms with Gasteiger partial charge in [0, 0.05) is 37.2 Å². The third-order valence-electron chi connectivity index (χ3n) is 3.94. The van der Waals surface area contributed by atoms with Gasteiger partial charge in [-0.15, -0.1) is 11.3 Å². The maximum Gasteiger partial charge on any atom is 0.0541 e. The van der Waals surface area contributed by atoms with Crippen LogP contribution in [0.2, 0.25) is 0 Å². The lowest BCUT2D eigenvalue weighted by atomic mass is 10.1. The van der Waals surface area contributed by atoms with Crippen LogP contribution in [0.1, 0.15) is 10.4 Å². The van der Waals surface area contributed by atoms with Crippen LogP contribution in [-0.4, -0.2) is 31.1 Å². The zero-order valence-corrected chi connectivity index (χ0v) is 12.4. The summed E-state index contributed by atoms with van der Waals surface area (Å²) in [7, 11) is 2.22. The SMILES string of the molecule is Cc1ccccc1N(C)C1CN(Cc2cccs2)C1. The average Bonchev–Trinajstić information content (AvgIpc) is 2.86. The zero-order valence-electron chi connectivity index (χ0n) is 11.5. The van der Waals surface area contributed by atoms with Crippen LogP contribution in [0.25, 0.3) is 0 Å². The van der Waals surface area contributed by atoms with E-state index in [9.17, 15) is 0 Å². The molecule has 1 aromatic heterocycles. The lowest BCUT2D eigenvalue weighted by molar-refractivity contribution is 0.140. The van der Waals surface area contributed by atoms with Crippen LogP contribution < -0.4 is 4.90 Å². The predicted octanol–water partition coefficient (Wildman–Crippen LogP) is 3.38. The molecule has 100 valence electrons. The van der Waals surface area contributed by atoms with Crippen molar-refractivity contribution in [3.8, 4) is 0 Å². The molecule has 1 aliphatic heterocycles. The van der Waals surface area contributed by atoms with Gasteiger partial charge in [0.25, 0.3) is 0 Å². The molecule has 2 nitrogen and oxygen atoms in total. The van der Waals surface area contributed by atoms with Gasteiger partial charge in [-0.2, -0.15) is 0 Å². The van der Waals surface area contributed by atoms with Gasteiger partial charge in [0.2, 0.25) is 0 Å². The molecular formula is C16H20N2S. The van der Waals surface area contributed by atoms with Crippen molar-refractivity contribution in [2.24, 2.45) is 0 Å². The molecule has 19 heavy (non-hydrogen) atoms. The molecule has 0 aliphatic carbocycles. The first-order valence-corrected chi connectivity index (χ1v) is 7.65. The summed E-state index contributed by atoms with van der Waals surface area (Å²) in [5, 5.41) is 2.16. The number of anilines is 1. The molecule has 3 rings (SSSR count). The van der Waals surface area contributed by atoms with Crippen LogP contribution in [0.5, 0.6) is 0 Å². The Hall–Kier alpha value is -1.32. The van der Waals surface area contributed by atoms with Gasteiger partial charge in [-0.1, -0.05) is 24.3 Å². The van der Waals surface area contributed by atoms with Crippen molar-refractivity contribution in [1.82, 2.24) is 4.90 Å². The molecular weight excluding hydrogens is 252 g/mol. The monoisotopic (exact) mass is 272 g/mol. The number of para-hydroxylation sites is 1. The van der Waals surface area contributed by atoms with Crippen molar-refractivity contribution in [2.75, 3.05) is 25.0 Å². The zero-order chi connectivity index (χ0) is 13.2. The normalized spacial score (nSPS) is 16.3. The summed E-state index contributed by atoms with van der Waals surface area (Å²) in [5.41, 5.74) is 2.73. The van der Waals surface area contributed by atoms with Crippen molar-refractivity contribution in [3.05, 3.63) is 52.2 Å². The van der Waals surface area contributed by atoms with E-state index in [-0.39, 0.29) is 0 Å². The molecule has 0 N–H and O–H groups in total. The highest BCUT2D eigenvalue weighted by atomic mass is 32.1. The Balaban J connectivity index is 1.57. The van der Waals surface area contributed by atoms with Crippen molar-refractivity contribution in [1.29, 1.82) is 0 Å². The smallest absolute Gasteiger partial charge is 0.0541 e. The van der Waals surface area contributed by atoms with Crippen molar-refractivity contribution < 1.29 is 0 Å². The minimum absolute atomic E-state index is 0.654. The van der Waals surface area contributed by atoms with E-state index < -0.39 is 0 Å². The number of hydrogen-bond donors (Lipinski definition) is 0. The van der Waals surface area contributed by atoms with E-state index >= 15 is 0 Å². The van der Waals surface area contributed by atoms with Gasteiger partial charge in [-0.05, 0) is 30.0 Å². The van der Waals surface area contributed by atoms with E-state index in [1.807, 2.05) is 11.3 Å². The van der Waals surface area contributed by atoms with Gasteiger partial charge in [0.15, 0.2) is 0 Å². The molecule has 0 radical (unpaired) electrons. The van der Waals surface area contributed by atoms with Gasteiger partial charge >= 0.3 is 0 Å². The average molecular weight is 272 g/mol. The number of benzene rings is 1. The number of thiophene rings is 1.